The lowest BCUT2D eigenvalue weighted by Crippen LogP contribution is -2.49. The second-order valence-electron chi connectivity index (χ2n) is 7.38. The molecule has 1 aromatic rings. The van der Waals surface area contributed by atoms with Gasteiger partial charge in [0.05, 0.1) is 4.92 Å². The summed E-state index contributed by atoms with van der Waals surface area (Å²) in [5.74, 6) is 0.313. The van der Waals surface area contributed by atoms with Crippen molar-refractivity contribution in [3.8, 4) is 0 Å². The van der Waals surface area contributed by atoms with Gasteiger partial charge in [-0.15, -0.1) is 0 Å². The van der Waals surface area contributed by atoms with E-state index in [1.54, 1.807) is 12.1 Å². The molecule has 1 fully saturated rings. The van der Waals surface area contributed by atoms with Gasteiger partial charge in [0.1, 0.15) is 5.69 Å². The molecule has 3 N–H and O–H groups in total. The molecule has 1 aliphatic rings. The number of nitrogens with one attached hydrogen (secondary N) is 1. The minimum absolute atomic E-state index is 0.0165. The number of nitrogens with two attached hydrogens (primary N) is 1. The van der Waals surface area contributed by atoms with Gasteiger partial charge in [-0.1, -0.05) is 20.8 Å². The number of piperidine rings is 1. The van der Waals surface area contributed by atoms with Gasteiger partial charge in [0, 0.05) is 36.8 Å². The van der Waals surface area contributed by atoms with Gasteiger partial charge in [-0.3, -0.25) is 14.9 Å². The van der Waals surface area contributed by atoms with Crippen LogP contribution in [-0.2, 0) is 0 Å². The Bertz CT molecular complexity index is 650. The van der Waals surface area contributed by atoms with Crippen LogP contribution in [0.15, 0.2) is 18.2 Å². The lowest BCUT2D eigenvalue weighted by Gasteiger charge is -2.31. The van der Waals surface area contributed by atoms with Crippen molar-refractivity contribution in [3.05, 3.63) is 33.9 Å². The third-order valence-corrected chi connectivity index (χ3v) is 5.57. The first-order valence-electron chi connectivity index (χ1n) is 9.40. The van der Waals surface area contributed by atoms with Crippen LogP contribution in [0, 0.1) is 16.0 Å². The largest absolute Gasteiger partial charge is 0.366 e. The van der Waals surface area contributed by atoms with E-state index in [4.69, 9.17) is 5.73 Å². The number of rotatable bonds is 7. The first kappa shape index (κ1) is 20.2. The molecule has 0 aromatic heterocycles. The molecule has 0 aliphatic carbocycles. The highest BCUT2D eigenvalue weighted by Gasteiger charge is 2.26. The van der Waals surface area contributed by atoms with Gasteiger partial charge in [-0.2, -0.15) is 0 Å². The molecule has 0 unspecified atom stereocenters. The third kappa shape index (κ3) is 4.72. The Kier molecular flexibility index (Phi) is 6.58. The van der Waals surface area contributed by atoms with Crippen LogP contribution in [0.1, 0.15) is 56.8 Å². The summed E-state index contributed by atoms with van der Waals surface area (Å²) < 4.78 is 0. The normalized spacial score (nSPS) is 15.8. The van der Waals surface area contributed by atoms with E-state index in [-0.39, 0.29) is 11.6 Å². The number of nitrogens with zero attached hydrogens (tertiary/aromatic N) is 2. The van der Waals surface area contributed by atoms with Crippen molar-refractivity contribution in [2.75, 3.05) is 24.5 Å². The van der Waals surface area contributed by atoms with E-state index in [9.17, 15) is 14.9 Å². The summed E-state index contributed by atoms with van der Waals surface area (Å²) in [6.45, 7) is 8.11. The number of carbonyl (C=O) groups excluding carboxylic acids is 1. The summed E-state index contributed by atoms with van der Waals surface area (Å²) in [5.41, 5.74) is 6.62. The lowest BCUT2D eigenvalue weighted by molar-refractivity contribution is -0.384. The van der Waals surface area contributed by atoms with Crippen LogP contribution in [0.5, 0.6) is 0 Å². The molecule has 1 aromatic carbocycles. The average Bonchev–Trinajstić information content (AvgIpc) is 2.66. The van der Waals surface area contributed by atoms with Crippen LogP contribution in [0.25, 0.3) is 0 Å². The monoisotopic (exact) mass is 362 g/mol. The Labute approximate surface area is 155 Å². The fraction of sp³-hybridized carbons (Fsp3) is 0.632. The van der Waals surface area contributed by atoms with Crippen molar-refractivity contribution in [1.82, 2.24) is 5.32 Å². The highest BCUT2D eigenvalue weighted by Crippen LogP contribution is 2.32. The molecular formula is C19H30N4O3. The van der Waals surface area contributed by atoms with E-state index in [1.165, 1.54) is 6.07 Å². The van der Waals surface area contributed by atoms with Gasteiger partial charge in [0.2, 0.25) is 0 Å². The summed E-state index contributed by atoms with van der Waals surface area (Å²) in [4.78, 5) is 25.6. The first-order valence-corrected chi connectivity index (χ1v) is 9.40. The molecular weight excluding hydrogens is 332 g/mol. The van der Waals surface area contributed by atoms with E-state index < -0.39 is 10.5 Å². The molecule has 2 rings (SSSR count). The molecule has 0 radical (unpaired) electrons. The van der Waals surface area contributed by atoms with Crippen molar-refractivity contribution in [3.63, 3.8) is 0 Å². The fourth-order valence-electron chi connectivity index (χ4n) is 3.19. The number of hydrogen-bond donors (Lipinski definition) is 2. The molecule has 7 heteroatoms. The van der Waals surface area contributed by atoms with Crippen LogP contribution in [0.3, 0.4) is 0 Å². The Morgan fingerprint density at radius 1 is 1.35 bits per heavy atom. The van der Waals surface area contributed by atoms with Crippen molar-refractivity contribution in [2.24, 2.45) is 11.7 Å². The third-order valence-electron chi connectivity index (χ3n) is 5.57. The maximum absolute atomic E-state index is 12.4. The standard InChI is InChI=1S/C19H30N4O3/c1-4-19(20,5-2)13-21-18(24)15-6-7-16(17(12-15)23(25)26)22-10-8-14(3)9-11-22/h6-7,12,14H,4-5,8-11,13,20H2,1-3H3,(H,21,24). The van der Waals surface area contributed by atoms with Gasteiger partial charge in [0.25, 0.3) is 11.6 Å². The van der Waals surface area contributed by atoms with Crippen molar-refractivity contribution in [1.29, 1.82) is 0 Å². The van der Waals surface area contributed by atoms with Gasteiger partial charge >= 0.3 is 0 Å². The number of carbonyl (C=O) groups is 1. The number of nitro groups is 1. The van der Waals surface area contributed by atoms with E-state index in [0.29, 0.717) is 23.7 Å². The first-order chi connectivity index (χ1) is 12.3. The molecule has 0 saturated carbocycles. The molecule has 144 valence electrons. The van der Waals surface area contributed by atoms with Crippen molar-refractivity contribution >= 4 is 17.3 Å². The molecule has 1 heterocycles. The number of anilines is 1. The van der Waals surface area contributed by atoms with E-state index in [2.05, 4.69) is 12.2 Å². The number of nitro benzene ring substituents is 1. The van der Waals surface area contributed by atoms with Gasteiger partial charge in [0.15, 0.2) is 0 Å². The predicted molar refractivity (Wildman–Crippen MR) is 104 cm³/mol. The molecule has 0 spiro atoms. The Hall–Kier alpha value is -2.15. The highest BCUT2D eigenvalue weighted by molar-refractivity contribution is 5.95. The van der Waals surface area contributed by atoms with Crippen LogP contribution in [-0.4, -0.2) is 36.0 Å². The second kappa shape index (κ2) is 8.49. The summed E-state index contributed by atoms with van der Waals surface area (Å²) in [5, 5.41) is 14.4. The summed E-state index contributed by atoms with van der Waals surface area (Å²) in [6, 6.07) is 4.73. The second-order valence-corrected chi connectivity index (χ2v) is 7.38. The van der Waals surface area contributed by atoms with Gasteiger partial charge in [-0.05, 0) is 43.7 Å². The average molecular weight is 362 g/mol. The SMILES string of the molecule is CCC(N)(CC)CNC(=O)c1ccc(N2CCC(C)CC2)c([N+](=O)[O-])c1. The predicted octanol–water partition coefficient (Wildman–Crippen LogP) is 3.08. The molecule has 26 heavy (non-hydrogen) atoms. The fourth-order valence-corrected chi connectivity index (χ4v) is 3.19. The summed E-state index contributed by atoms with van der Waals surface area (Å²) in [7, 11) is 0. The van der Waals surface area contributed by atoms with Crippen molar-refractivity contribution in [2.45, 2.75) is 52.0 Å². The smallest absolute Gasteiger partial charge is 0.293 e. The number of benzene rings is 1. The van der Waals surface area contributed by atoms with Crippen LogP contribution in [0.2, 0.25) is 0 Å². The maximum Gasteiger partial charge on any atom is 0.293 e. The van der Waals surface area contributed by atoms with Crippen LogP contribution < -0.4 is 16.0 Å². The molecule has 7 nitrogen and oxygen atoms in total. The lowest BCUT2D eigenvalue weighted by atomic mass is 9.94. The molecule has 1 saturated heterocycles. The topological polar surface area (TPSA) is 102 Å². The Morgan fingerprint density at radius 3 is 2.50 bits per heavy atom. The molecule has 0 bridgehead atoms. The van der Waals surface area contributed by atoms with Gasteiger partial charge in [-0.25, -0.2) is 0 Å². The number of amides is 1. The van der Waals surface area contributed by atoms with E-state index >= 15 is 0 Å². The molecule has 1 amide bonds. The molecule has 1 aliphatic heterocycles. The van der Waals surface area contributed by atoms with Gasteiger partial charge < -0.3 is 16.0 Å². The van der Waals surface area contributed by atoms with Crippen LogP contribution in [0.4, 0.5) is 11.4 Å². The van der Waals surface area contributed by atoms with E-state index in [0.717, 1.165) is 38.8 Å². The molecule has 0 atom stereocenters. The quantitative estimate of drug-likeness (QED) is 0.573. The van der Waals surface area contributed by atoms with Crippen LogP contribution >= 0.6 is 0 Å². The maximum atomic E-state index is 12.4. The minimum Gasteiger partial charge on any atom is -0.366 e. The Balaban J connectivity index is 2.17. The number of hydrogen-bond acceptors (Lipinski definition) is 5. The van der Waals surface area contributed by atoms with E-state index in [1.807, 2.05) is 18.7 Å². The zero-order valence-electron chi connectivity index (χ0n) is 16.0. The zero-order valence-corrected chi connectivity index (χ0v) is 16.0. The minimum atomic E-state index is -0.452. The summed E-state index contributed by atoms with van der Waals surface area (Å²) >= 11 is 0. The Morgan fingerprint density at radius 2 is 1.96 bits per heavy atom. The van der Waals surface area contributed by atoms with Crippen molar-refractivity contribution < 1.29 is 9.72 Å². The highest BCUT2D eigenvalue weighted by atomic mass is 16.6. The zero-order chi connectivity index (χ0) is 19.3. The summed E-state index contributed by atoms with van der Waals surface area (Å²) in [6.07, 6.45) is 3.53.